The van der Waals surface area contributed by atoms with Crippen molar-refractivity contribution in [3.05, 3.63) is 35.9 Å². The van der Waals surface area contributed by atoms with E-state index in [1.807, 2.05) is 37.3 Å². The van der Waals surface area contributed by atoms with Gasteiger partial charge < -0.3 is 11.5 Å². The molecule has 0 saturated heterocycles. The van der Waals surface area contributed by atoms with Crippen molar-refractivity contribution < 1.29 is 4.48 Å². The minimum atomic E-state index is -0.0240. The molecule has 0 aliphatic carbocycles. The van der Waals surface area contributed by atoms with Crippen LogP contribution in [-0.4, -0.2) is 4.98 Å². The Balaban J connectivity index is 2.71. The van der Waals surface area contributed by atoms with Crippen LogP contribution in [-0.2, 0) is 6.42 Å². The van der Waals surface area contributed by atoms with Crippen LogP contribution in [0.5, 0.6) is 0 Å². The highest BCUT2D eigenvalue weighted by molar-refractivity contribution is 5.85. The summed E-state index contributed by atoms with van der Waals surface area (Å²) < 4.78 is 12.6. The Morgan fingerprint density at radius 1 is 1.22 bits per heavy atom. The Hall–Kier alpha value is -2.30. The van der Waals surface area contributed by atoms with Gasteiger partial charge in [0.05, 0.1) is 5.69 Å². The molecular formula is C13H15FN4. The van der Waals surface area contributed by atoms with Gasteiger partial charge in [0.15, 0.2) is 5.82 Å². The van der Waals surface area contributed by atoms with Crippen molar-refractivity contribution in [1.82, 2.24) is 4.98 Å². The lowest BCUT2D eigenvalue weighted by Crippen LogP contribution is -2.07. The zero-order chi connectivity index (χ0) is 13.1. The van der Waals surface area contributed by atoms with Gasteiger partial charge in [-0.1, -0.05) is 37.3 Å². The third-order valence-corrected chi connectivity index (χ3v) is 2.88. The third-order valence-electron chi connectivity index (χ3n) is 2.88. The number of nitrogens with zero attached hydrogens (tertiary/aromatic N) is 1. The zero-order valence-electron chi connectivity index (χ0n) is 10.1. The van der Waals surface area contributed by atoms with Crippen molar-refractivity contribution in [3.63, 3.8) is 0 Å². The number of halogens is 1. The molecule has 0 aliphatic rings. The highest BCUT2D eigenvalue weighted by atomic mass is 19.2. The Bertz CT molecular complexity index is 555. The predicted octanol–water partition coefficient (Wildman–Crippen LogP) is 2.77. The molecule has 5 N–H and O–H groups in total. The summed E-state index contributed by atoms with van der Waals surface area (Å²) in [5, 5.41) is 0. The third kappa shape index (κ3) is 1.95. The molecule has 0 atom stereocenters. The first kappa shape index (κ1) is 12.2. The van der Waals surface area contributed by atoms with Crippen molar-refractivity contribution in [2.45, 2.75) is 13.3 Å². The Kier molecular flexibility index (Phi) is 3.32. The largest absolute Gasteiger partial charge is 0.395 e. The van der Waals surface area contributed by atoms with E-state index >= 15 is 0 Å². The maximum absolute atomic E-state index is 12.6. The fourth-order valence-corrected chi connectivity index (χ4v) is 2.03. The molecule has 2 aromatic rings. The maximum Gasteiger partial charge on any atom is 0.179 e. The summed E-state index contributed by atoms with van der Waals surface area (Å²) in [5.74, 6) is 0.247. The lowest BCUT2D eigenvalue weighted by atomic mass is 9.97. The SMILES string of the molecule is CCc1c(N)c(NF)nc(N)c1-c1ccccc1. The minimum Gasteiger partial charge on any atom is -0.395 e. The molecule has 5 heteroatoms. The fourth-order valence-electron chi connectivity index (χ4n) is 2.03. The number of hydrogen-bond donors (Lipinski definition) is 3. The van der Waals surface area contributed by atoms with Crippen molar-refractivity contribution >= 4 is 17.3 Å². The summed E-state index contributed by atoms with van der Waals surface area (Å²) >= 11 is 0. The minimum absolute atomic E-state index is 0.0240. The summed E-state index contributed by atoms with van der Waals surface area (Å²) in [4.78, 5) is 3.94. The van der Waals surface area contributed by atoms with Crippen molar-refractivity contribution in [3.8, 4) is 11.1 Å². The highest BCUT2D eigenvalue weighted by Crippen LogP contribution is 2.36. The normalized spacial score (nSPS) is 10.3. The lowest BCUT2D eigenvalue weighted by Gasteiger charge is -2.15. The van der Waals surface area contributed by atoms with Crippen molar-refractivity contribution in [2.24, 2.45) is 0 Å². The standard InChI is InChI=1S/C13H15FN4/c1-2-9-10(8-6-4-3-5-7-8)12(16)17-13(18-14)11(9)15/h3-7H,2,15H2,1H3,(H3,16,17,18). The molecule has 94 valence electrons. The Labute approximate surface area is 105 Å². The van der Waals surface area contributed by atoms with E-state index in [2.05, 4.69) is 4.98 Å². The number of anilines is 3. The quantitative estimate of drug-likeness (QED) is 0.728. The molecule has 0 fully saturated rings. The van der Waals surface area contributed by atoms with Crippen molar-refractivity contribution in [1.29, 1.82) is 0 Å². The van der Waals surface area contributed by atoms with E-state index in [1.165, 1.54) is 5.54 Å². The van der Waals surface area contributed by atoms with Crippen LogP contribution in [0, 0.1) is 0 Å². The van der Waals surface area contributed by atoms with Gasteiger partial charge in [0.2, 0.25) is 0 Å². The molecule has 1 heterocycles. The van der Waals surface area contributed by atoms with Gasteiger partial charge in [0.25, 0.3) is 0 Å². The number of benzene rings is 1. The molecule has 1 aromatic heterocycles. The Morgan fingerprint density at radius 3 is 2.44 bits per heavy atom. The second-order valence-corrected chi connectivity index (χ2v) is 3.93. The van der Waals surface area contributed by atoms with Crippen LogP contribution in [0.4, 0.5) is 21.8 Å². The van der Waals surface area contributed by atoms with Gasteiger partial charge in [-0.25, -0.2) is 10.5 Å². The van der Waals surface area contributed by atoms with E-state index in [4.69, 9.17) is 11.5 Å². The monoisotopic (exact) mass is 246 g/mol. The summed E-state index contributed by atoms with van der Waals surface area (Å²) in [6.07, 6.45) is 0.650. The second-order valence-electron chi connectivity index (χ2n) is 3.93. The molecule has 18 heavy (non-hydrogen) atoms. The Morgan fingerprint density at radius 2 is 1.89 bits per heavy atom. The van der Waals surface area contributed by atoms with E-state index in [-0.39, 0.29) is 11.6 Å². The first-order valence-corrected chi connectivity index (χ1v) is 5.68. The van der Waals surface area contributed by atoms with E-state index in [0.717, 1.165) is 16.7 Å². The van der Waals surface area contributed by atoms with Crippen LogP contribution in [0.3, 0.4) is 0 Å². The van der Waals surface area contributed by atoms with Crippen LogP contribution in [0.1, 0.15) is 12.5 Å². The molecule has 0 spiro atoms. The molecule has 0 amide bonds. The molecule has 0 unspecified atom stereocenters. The van der Waals surface area contributed by atoms with Gasteiger partial charge in [0.1, 0.15) is 5.82 Å². The zero-order valence-corrected chi connectivity index (χ0v) is 10.1. The predicted molar refractivity (Wildman–Crippen MR) is 72.6 cm³/mol. The first-order valence-electron chi connectivity index (χ1n) is 5.68. The van der Waals surface area contributed by atoms with Crippen LogP contribution >= 0.6 is 0 Å². The summed E-state index contributed by atoms with van der Waals surface area (Å²) in [6, 6.07) is 9.58. The number of aromatic nitrogens is 1. The summed E-state index contributed by atoms with van der Waals surface area (Å²) in [6.45, 7) is 1.94. The number of nitrogen functional groups attached to an aromatic ring is 2. The van der Waals surface area contributed by atoms with Crippen LogP contribution in [0.25, 0.3) is 11.1 Å². The summed E-state index contributed by atoms with van der Waals surface area (Å²) in [5.41, 5.74) is 16.1. The molecule has 1 aromatic carbocycles. The number of pyridine rings is 1. The molecule has 2 rings (SSSR count). The van der Waals surface area contributed by atoms with Gasteiger partial charge >= 0.3 is 0 Å². The molecule has 0 saturated carbocycles. The molecule has 0 radical (unpaired) electrons. The van der Waals surface area contributed by atoms with Gasteiger partial charge in [-0.3, -0.25) is 0 Å². The first-order chi connectivity index (χ1) is 8.69. The van der Waals surface area contributed by atoms with Crippen LogP contribution < -0.4 is 17.0 Å². The summed E-state index contributed by atoms with van der Waals surface area (Å²) in [7, 11) is 0. The second kappa shape index (κ2) is 4.91. The van der Waals surface area contributed by atoms with Gasteiger partial charge in [-0.15, -0.1) is 4.48 Å². The average Bonchev–Trinajstić information content (AvgIpc) is 2.41. The lowest BCUT2D eigenvalue weighted by molar-refractivity contribution is 0.612. The average molecular weight is 246 g/mol. The van der Waals surface area contributed by atoms with E-state index in [9.17, 15) is 4.48 Å². The topological polar surface area (TPSA) is 77.0 Å². The molecule has 4 nitrogen and oxygen atoms in total. The van der Waals surface area contributed by atoms with E-state index in [1.54, 1.807) is 0 Å². The maximum atomic E-state index is 12.6. The highest BCUT2D eigenvalue weighted by Gasteiger charge is 2.16. The molecule has 0 bridgehead atoms. The molecule has 0 aliphatic heterocycles. The fraction of sp³-hybridized carbons (Fsp3) is 0.154. The number of rotatable bonds is 3. The van der Waals surface area contributed by atoms with Gasteiger partial charge in [0, 0.05) is 5.56 Å². The number of hydrogen-bond acceptors (Lipinski definition) is 4. The van der Waals surface area contributed by atoms with Gasteiger partial charge in [-0.2, -0.15) is 0 Å². The van der Waals surface area contributed by atoms with Gasteiger partial charge in [-0.05, 0) is 17.5 Å². The number of nitrogens with two attached hydrogens (primary N) is 2. The molecular weight excluding hydrogens is 231 g/mol. The smallest absolute Gasteiger partial charge is 0.179 e. The van der Waals surface area contributed by atoms with E-state index in [0.29, 0.717) is 12.1 Å². The van der Waals surface area contributed by atoms with Crippen LogP contribution in [0.15, 0.2) is 30.3 Å². The van der Waals surface area contributed by atoms with Crippen LogP contribution in [0.2, 0.25) is 0 Å². The van der Waals surface area contributed by atoms with Crippen molar-refractivity contribution in [2.75, 3.05) is 17.0 Å². The number of nitrogens with one attached hydrogen (secondary N) is 1. The van der Waals surface area contributed by atoms with E-state index < -0.39 is 0 Å².